The normalized spacial score (nSPS) is 16.0. The van der Waals surface area contributed by atoms with Crippen molar-refractivity contribution >= 4 is 32.6 Å². The molecule has 0 bridgehead atoms. The minimum Gasteiger partial charge on any atom is -0.278 e. The summed E-state index contributed by atoms with van der Waals surface area (Å²) in [5.74, 6) is 1.31. The molecule has 0 saturated heterocycles. The molecule has 7 aromatic rings. The van der Waals surface area contributed by atoms with E-state index >= 15 is 0 Å². The number of hydrogen-bond donors (Lipinski definition) is 0. The predicted octanol–water partition coefficient (Wildman–Crippen LogP) is 10.7. The summed E-state index contributed by atoms with van der Waals surface area (Å²) in [6.07, 6.45) is 6.47. The van der Waals surface area contributed by atoms with E-state index in [2.05, 4.69) is 128 Å². The Morgan fingerprint density at radius 3 is 2.16 bits per heavy atom. The second-order valence-corrected chi connectivity index (χ2v) is 13.2. The van der Waals surface area contributed by atoms with Gasteiger partial charge in [0.25, 0.3) is 0 Å². The van der Waals surface area contributed by atoms with Crippen LogP contribution in [0, 0.1) is 0 Å². The Labute approximate surface area is 258 Å². The van der Waals surface area contributed by atoms with E-state index in [0.29, 0.717) is 5.92 Å². The molecular formula is C41H35N3. The van der Waals surface area contributed by atoms with Crippen LogP contribution in [0.5, 0.6) is 0 Å². The third-order valence-electron chi connectivity index (χ3n) is 10.4. The number of aromatic nitrogens is 3. The summed E-state index contributed by atoms with van der Waals surface area (Å²) in [7, 11) is 0. The van der Waals surface area contributed by atoms with Crippen molar-refractivity contribution < 1.29 is 0 Å². The van der Waals surface area contributed by atoms with Crippen molar-refractivity contribution in [3.63, 3.8) is 0 Å². The summed E-state index contributed by atoms with van der Waals surface area (Å²) in [6.45, 7) is 4.71. The van der Waals surface area contributed by atoms with Gasteiger partial charge in [-0.3, -0.25) is 4.57 Å². The average Bonchev–Trinajstić information content (AvgIpc) is 3.55. The van der Waals surface area contributed by atoms with Gasteiger partial charge in [0.15, 0.2) is 0 Å². The molecule has 1 saturated carbocycles. The van der Waals surface area contributed by atoms with E-state index in [1.54, 1.807) is 0 Å². The van der Waals surface area contributed by atoms with Gasteiger partial charge in [-0.2, -0.15) is 0 Å². The summed E-state index contributed by atoms with van der Waals surface area (Å²) >= 11 is 0. The highest BCUT2D eigenvalue weighted by atomic mass is 15.2. The van der Waals surface area contributed by atoms with Gasteiger partial charge in [-0.15, -0.1) is 0 Å². The van der Waals surface area contributed by atoms with Gasteiger partial charge in [-0.05, 0) is 53.0 Å². The minimum atomic E-state index is -0.127. The lowest BCUT2D eigenvalue weighted by Gasteiger charge is -2.24. The molecule has 214 valence electrons. The highest BCUT2D eigenvalue weighted by Gasteiger charge is 2.40. The van der Waals surface area contributed by atoms with Crippen LogP contribution >= 0.6 is 0 Å². The molecule has 3 heteroatoms. The fourth-order valence-corrected chi connectivity index (χ4v) is 8.35. The Kier molecular flexibility index (Phi) is 5.62. The Morgan fingerprint density at radius 2 is 1.34 bits per heavy atom. The third-order valence-corrected chi connectivity index (χ3v) is 10.4. The maximum atomic E-state index is 5.52. The van der Waals surface area contributed by atoms with Gasteiger partial charge in [0.05, 0.1) is 22.4 Å². The van der Waals surface area contributed by atoms with Crippen molar-refractivity contribution in [1.82, 2.24) is 14.5 Å². The molecule has 9 rings (SSSR count). The smallest absolute Gasteiger partial charge is 0.235 e. The number of benzene rings is 5. The molecule has 2 aromatic heterocycles. The quantitative estimate of drug-likeness (QED) is 0.198. The lowest BCUT2D eigenvalue weighted by atomic mass is 9.81. The molecule has 2 aliphatic carbocycles. The van der Waals surface area contributed by atoms with Crippen LogP contribution in [0.25, 0.3) is 61.0 Å². The summed E-state index contributed by atoms with van der Waals surface area (Å²) in [6, 6.07) is 39.7. The molecule has 2 aliphatic rings. The molecule has 0 N–H and O–H groups in total. The number of nitrogens with zero attached hydrogens (tertiary/aromatic N) is 3. The van der Waals surface area contributed by atoms with Gasteiger partial charge >= 0.3 is 0 Å². The summed E-state index contributed by atoms with van der Waals surface area (Å²) in [5, 5.41) is 4.98. The highest BCUT2D eigenvalue weighted by Crippen LogP contribution is 2.53. The van der Waals surface area contributed by atoms with Crippen LogP contribution < -0.4 is 0 Å². The Morgan fingerprint density at radius 1 is 0.659 bits per heavy atom. The first-order valence-electron chi connectivity index (χ1n) is 16.1. The molecule has 0 atom stereocenters. The fourth-order valence-electron chi connectivity index (χ4n) is 8.35. The highest BCUT2D eigenvalue weighted by molar-refractivity contribution is 6.11. The first-order chi connectivity index (χ1) is 21.6. The zero-order valence-electron chi connectivity index (χ0n) is 25.3. The second-order valence-electron chi connectivity index (χ2n) is 13.2. The Balaban J connectivity index is 1.42. The van der Waals surface area contributed by atoms with Gasteiger partial charge in [0.2, 0.25) is 5.95 Å². The minimum absolute atomic E-state index is 0.127. The van der Waals surface area contributed by atoms with Crippen molar-refractivity contribution in [2.24, 2.45) is 0 Å². The van der Waals surface area contributed by atoms with E-state index in [-0.39, 0.29) is 5.41 Å². The number of rotatable bonds is 3. The summed E-state index contributed by atoms with van der Waals surface area (Å²) in [4.78, 5) is 11.0. The molecule has 5 aromatic carbocycles. The lowest BCUT2D eigenvalue weighted by molar-refractivity contribution is 0.446. The first kappa shape index (κ1) is 25.7. The summed E-state index contributed by atoms with van der Waals surface area (Å²) in [5.41, 5.74) is 10.8. The SMILES string of the molecule is CC1(C)c2ccccc2-c2c1c1ccccc1n2-c1nc(-c2ccccc2)c2cc(C3CCCCC3)c3ccccc3c2n1. The molecule has 44 heavy (non-hydrogen) atoms. The molecule has 1 fully saturated rings. The molecule has 3 nitrogen and oxygen atoms in total. The van der Waals surface area contributed by atoms with E-state index in [1.807, 2.05) is 0 Å². The van der Waals surface area contributed by atoms with Crippen molar-refractivity contribution in [1.29, 1.82) is 0 Å². The molecule has 0 aliphatic heterocycles. The topological polar surface area (TPSA) is 30.7 Å². The molecule has 0 amide bonds. The van der Waals surface area contributed by atoms with Crippen LogP contribution in [0.1, 0.15) is 68.6 Å². The van der Waals surface area contributed by atoms with Crippen LogP contribution in [0.2, 0.25) is 0 Å². The van der Waals surface area contributed by atoms with Crippen LogP contribution in [-0.2, 0) is 5.41 Å². The van der Waals surface area contributed by atoms with E-state index in [1.165, 1.54) is 76.2 Å². The zero-order chi connectivity index (χ0) is 29.4. The van der Waals surface area contributed by atoms with E-state index < -0.39 is 0 Å². The van der Waals surface area contributed by atoms with Gasteiger partial charge in [-0.1, -0.05) is 130 Å². The fraction of sp³-hybridized carbons (Fsp3) is 0.220. The van der Waals surface area contributed by atoms with Gasteiger partial charge < -0.3 is 0 Å². The average molecular weight is 570 g/mol. The third kappa shape index (κ3) is 3.62. The number of hydrogen-bond acceptors (Lipinski definition) is 2. The van der Waals surface area contributed by atoms with Crippen LogP contribution in [0.4, 0.5) is 0 Å². The maximum absolute atomic E-state index is 5.52. The van der Waals surface area contributed by atoms with Crippen LogP contribution in [0.3, 0.4) is 0 Å². The van der Waals surface area contributed by atoms with Gasteiger partial charge in [-0.25, -0.2) is 9.97 Å². The van der Waals surface area contributed by atoms with E-state index in [9.17, 15) is 0 Å². The number of para-hydroxylation sites is 1. The Hall–Kier alpha value is -4.76. The van der Waals surface area contributed by atoms with E-state index in [0.717, 1.165) is 33.6 Å². The monoisotopic (exact) mass is 569 g/mol. The zero-order valence-corrected chi connectivity index (χ0v) is 25.3. The van der Waals surface area contributed by atoms with Crippen molar-refractivity contribution in [2.45, 2.75) is 57.3 Å². The van der Waals surface area contributed by atoms with Crippen molar-refractivity contribution in [3.05, 3.63) is 126 Å². The molecule has 2 heterocycles. The standard InChI is InChI=1S/C41H35N3/c1-41(2)34-23-13-11-21-30(34)39-36(41)31-22-12-14-24-35(31)44(39)40-42-37(27-17-7-4-8-18-27)33-25-32(26-15-5-3-6-16-26)28-19-9-10-20-29(28)38(33)43-40/h4,7-14,17-26H,3,5-6,15-16H2,1-2H3. The summed E-state index contributed by atoms with van der Waals surface area (Å²) < 4.78 is 2.34. The lowest BCUT2D eigenvalue weighted by Crippen LogP contribution is -2.14. The first-order valence-corrected chi connectivity index (χ1v) is 16.1. The second kappa shape index (κ2) is 9.62. The molecule has 0 unspecified atom stereocenters. The van der Waals surface area contributed by atoms with E-state index in [4.69, 9.17) is 9.97 Å². The van der Waals surface area contributed by atoms with Crippen LogP contribution in [0.15, 0.2) is 109 Å². The molecule has 0 radical (unpaired) electrons. The van der Waals surface area contributed by atoms with Crippen molar-refractivity contribution in [2.75, 3.05) is 0 Å². The predicted molar refractivity (Wildman–Crippen MR) is 183 cm³/mol. The van der Waals surface area contributed by atoms with Gasteiger partial charge in [0, 0.05) is 32.7 Å². The molecular weight excluding hydrogens is 534 g/mol. The van der Waals surface area contributed by atoms with Crippen LogP contribution in [-0.4, -0.2) is 14.5 Å². The van der Waals surface area contributed by atoms with Gasteiger partial charge in [0.1, 0.15) is 0 Å². The maximum Gasteiger partial charge on any atom is 0.235 e. The Bertz CT molecular complexity index is 2230. The van der Waals surface area contributed by atoms with Crippen molar-refractivity contribution in [3.8, 4) is 28.5 Å². The number of fused-ring (bicyclic) bond motifs is 8. The molecule has 0 spiro atoms. The largest absolute Gasteiger partial charge is 0.278 e.